The quantitative estimate of drug-likeness (QED) is 0.279. The fourth-order valence-electron chi connectivity index (χ4n) is 3.62. The number of nitriles is 1. The van der Waals surface area contributed by atoms with Crippen molar-refractivity contribution in [3.63, 3.8) is 0 Å². The number of fused-ring (bicyclic) bond motifs is 1. The minimum atomic E-state index is -0.201. The van der Waals surface area contributed by atoms with Gasteiger partial charge in [-0.1, -0.05) is 6.07 Å². The smallest absolute Gasteiger partial charge is 0.255 e. The molecule has 5 rings (SSSR count). The molecule has 2 heterocycles. The average molecular weight is 457 g/mol. The second-order valence-corrected chi connectivity index (χ2v) is 7.80. The molecule has 0 radical (unpaired) electrons. The van der Waals surface area contributed by atoms with Crippen LogP contribution in [0.2, 0.25) is 0 Å². The molecule has 0 bridgehead atoms. The summed E-state index contributed by atoms with van der Waals surface area (Å²) in [5.74, 6) is 0.450. The summed E-state index contributed by atoms with van der Waals surface area (Å²) in [6.07, 6.45) is 5.16. The molecule has 0 atom stereocenters. The molecular weight excluding hydrogens is 436 g/mol. The van der Waals surface area contributed by atoms with E-state index >= 15 is 0 Å². The molecular formula is C28H20N6O. The topological polar surface area (TPSA) is 103 Å². The highest BCUT2D eigenvalue weighted by Crippen LogP contribution is 2.26. The third-order valence-electron chi connectivity index (χ3n) is 5.42. The highest BCUT2D eigenvalue weighted by molar-refractivity contribution is 6.04. The molecule has 7 heteroatoms. The molecule has 0 spiro atoms. The summed E-state index contributed by atoms with van der Waals surface area (Å²) >= 11 is 0. The Morgan fingerprint density at radius 3 is 2.11 bits per heavy atom. The van der Waals surface area contributed by atoms with E-state index in [1.807, 2.05) is 66.7 Å². The molecule has 35 heavy (non-hydrogen) atoms. The van der Waals surface area contributed by atoms with Crippen molar-refractivity contribution in [2.45, 2.75) is 0 Å². The maximum absolute atomic E-state index is 12.7. The van der Waals surface area contributed by atoms with E-state index in [1.165, 1.54) is 0 Å². The zero-order chi connectivity index (χ0) is 24.0. The minimum absolute atomic E-state index is 0.201. The molecule has 0 saturated heterocycles. The Kier molecular flexibility index (Phi) is 6.01. The molecule has 0 saturated carbocycles. The van der Waals surface area contributed by atoms with Crippen LogP contribution in [0.1, 0.15) is 15.9 Å². The molecule has 3 N–H and O–H groups in total. The van der Waals surface area contributed by atoms with Crippen LogP contribution >= 0.6 is 0 Å². The molecule has 0 aliphatic heterocycles. The van der Waals surface area contributed by atoms with Gasteiger partial charge < -0.3 is 16.0 Å². The molecule has 3 aromatic carbocycles. The van der Waals surface area contributed by atoms with Crippen molar-refractivity contribution in [1.82, 2.24) is 9.97 Å². The van der Waals surface area contributed by atoms with Crippen LogP contribution in [0, 0.1) is 11.3 Å². The first kappa shape index (κ1) is 21.6. The summed E-state index contributed by atoms with van der Waals surface area (Å²) in [5, 5.41) is 20.5. The molecule has 0 aliphatic rings. The zero-order valence-corrected chi connectivity index (χ0v) is 18.6. The fourth-order valence-corrected chi connectivity index (χ4v) is 3.62. The Balaban J connectivity index is 1.25. The summed E-state index contributed by atoms with van der Waals surface area (Å²) in [4.78, 5) is 21.1. The maximum atomic E-state index is 12.7. The van der Waals surface area contributed by atoms with Crippen LogP contribution in [0.5, 0.6) is 0 Å². The second-order valence-electron chi connectivity index (χ2n) is 7.80. The second kappa shape index (κ2) is 9.73. The molecule has 0 fully saturated rings. The van der Waals surface area contributed by atoms with E-state index in [9.17, 15) is 10.1 Å². The lowest BCUT2D eigenvalue weighted by molar-refractivity contribution is 0.102. The predicted octanol–water partition coefficient (Wildman–Crippen LogP) is 6.24. The first-order chi connectivity index (χ1) is 17.2. The van der Waals surface area contributed by atoms with Gasteiger partial charge >= 0.3 is 0 Å². The molecule has 0 unspecified atom stereocenters. The van der Waals surface area contributed by atoms with E-state index in [4.69, 9.17) is 0 Å². The van der Waals surface area contributed by atoms with Gasteiger partial charge in [0, 0.05) is 52.3 Å². The van der Waals surface area contributed by atoms with Gasteiger partial charge in [0.05, 0.1) is 11.6 Å². The van der Waals surface area contributed by atoms with Gasteiger partial charge in [-0.3, -0.25) is 9.78 Å². The Morgan fingerprint density at radius 1 is 0.714 bits per heavy atom. The van der Waals surface area contributed by atoms with Crippen LogP contribution in [0.3, 0.4) is 0 Å². The van der Waals surface area contributed by atoms with Crippen molar-refractivity contribution in [3.05, 3.63) is 115 Å². The molecule has 0 aliphatic carbocycles. The van der Waals surface area contributed by atoms with Crippen LogP contribution in [0.4, 0.5) is 28.6 Å². The number of hydrogen-bond acceptors (Lipinski definition) is 6. The van der Waals surface area contributed by atoms with Gasteiger partial charge in [0.1, 0.15) is 5.82 Å². The van der Waals surface area contributed by atoms with Gasteiger partial charge in [-0.15, -0.1) is 0 Å². The summed E-state index contributed by atoms with van der Waals surface area (Å²) < 4.78 is 0. The molecule has 5 aromatic rings. The number of rotatable bonds is 6. The number of aromatic nitrogens is 2. The lowest BCUT2D eigenvalue weighted by Gasteiger charge is -2.11. The third-order valence-corrected chi connectivity index (χ3v) is 5.42. The van der Waals surface area contributed by atoms with Crippen molar-refractivity contribution < 1.29 is 4.79 Å². The number of nitrogens with one attached hydrogen (secondary N) is 3. The first-order valence-electron chi connectivity index (χ1n) is 10.9. The Morgan fingerprint density at radius 2 is 1.37 bits per heavy atom. The first-order valence-corrected chi connectivity index (χ1v) is 10.9. The standard InChI is InChI=1S/C28H20N6O/c29-18-19-1-2-20-11-16-31-27(26(20)17-19)33-23-5-3-21(4-6-23)28(35)34-24-9-7-22(8-10-24)32-25-12-14-30-15-13-25/h1-17H,(H,30,32)(H,31,33)(H,34,35). The number of pyridine rings is 2. The number of amides is 1. The summed E-state index contributed by atoms with van der Waals surface area (Å²) in [6.45, 7) is 0. The largest absolute Gasteiger partial charge is 0.355 e. The fraction of sp³-hybridized carbons (Fsp3) is 0. The highest BCUT2D eigenvalue weighted by atomic mass is 16.1. The van der Waals surface area contributed by atoms with E-state index in [-0.39, 0.29) is 5.91 Å². The van der Waals surface area contributed by atoms with Gasteiger partial charge in [0.2, 0.25) is 0 Å². The van der Waals surface area contributed by atoms with Gasteiger partial charge in [-0.05, 0) is 84.2 Å². The van der Waals surface area contributed by atoms with Crippen LogP contribution in [0.25, 0.3) is 10.8 Å². The van der Waals surface area contributed by atoms with Gasteiger partial charge in [-0.2, -0.15) is 5.26 Å². The van der Waals surface area contributed by atoms with Crippen molar-refractivity contribution in [2.24, 2.45) is 0 Å². The third kappa shape index (κ3) is 5.07. The summed E-state index contributed by atoms with van der Waals surface area (Å²) in [5.41, 5.74) is 4.44. The van der Waals surface area contributed by atoms with Crippen LogP contribution < -0.4 is 16.0 Å². The van der Waals surface area contributed by atoms with E-state index in [0.717, 1.165) is 27.8 Å². The average Bonchev–Trinajstić information content (AvgIpc) is 2.91. The SMILES string of the molecule is N#Cc1ccc2ccnc(Nc3ccc(C(=O)Nc4ccc(Nc5ccncc5)cc4)cc3)c2c1. The maximum Gasteiger partial charge on any atom is 0.255 e. The summed E-state index contributed by atoms with van der Waals surface area (Å²) in [7, 11) is 0. The Hall–Kier alpha value is -5.22. The minimum Gasteiger partial charge on any atom is -0.355 e. The number of benzene rings is 3. The summed E-state index contributed by atoms with van der Waals surface area (Å²) in [6, 6.07) is 28.0. The van der Waals surface area contributed by atoms with Gasteiger partial charge in [-0.25, -0.2) is 4.98 Å². The van der Waals surface area contributed by atoms with E-state index in [2.05, 4.69) is 32.0 Å². The molecule has 7 nitrogen and oxygen atoms in total. The Bertz CT molecular complexity index is 1520. The predicted molar refractivity (Wildman–Crippen MR) is 138 cm³/mol. The van der Waals surface area contributed by atoms with E-state index < -0.39 is 0 Å². The van der Waals surface area contributed by atoms with E-state index in [1.54, 1.807) is 36.8 Å². The van der Waals surface area contributed by atoms with Gasteiger partial charge in [0.15, 0.2) is 0 Å². The Labute approximate surface area is 202 Å². The van der Waals surface area contributed by atoms with Crippen molar-refractivity contribution in [3.8, 4) is 6.07 Å². The van der Waals surface area contributed by atoms with Crippen LogP contribution in [-0.4, -0.2) is 15.9 Å². The zero-order valence-electron chi connectivity index (χ0n) is 18.6. The van der Waals surface area contributed by atoms with Crippen LogP contribution in [0.15, 0.2) is 104 Å². The lowest BCUT2D eigenvalue weighted by Crippen LogP contribution is -2.11. The molecule has 168 valence electrons. The lowest BCUT2D eigenvalue weighted by atomic mass is 10.1. The number of nitrogens with zero attached hydrogens (tertiary/aromatic N) is 3. The van der Waals surface area contributed by atoms with Crippen molar-refractivity contribution >= 4 is 45.2 Å². The number of anilines is 5. The highest BCUT2D eigenvalue weighted by Gasteiger charge is 2.08. The van der Waals surface area contributed by atoms with Crippen molar-refractivity contribution in [1.29, 1.82) is 5.26 Å². The van der Waals surface area contributed by atoms with Gasteiger partial charge in [0.25, 0.3) is 5.91 Å². The number of carbonyl (C=O) groups is 1. The van der Waals surface area contributed by atoms with Crippen LogP contribution in [-0.2, 0) is 0 Å². The normalized spacial score (nSPS) is 10.4. The number of hydrogen-bond donors (Lipinski definition) is 3. The number of carbonyl (C=O) groups excluding carboxylic acids is 1. The van der Waals surface area contributed by atoms with Crippen molar-refractivity contribution in [2.75, 3.05) is 16.0 Å². The monoisotopic (exact) mass is 456 g/mol. The molecule has 2 aromatic heterocycles. The van der Waals surface area contributed by atoms with E-state index in [0.29, 0.717) is 22.6 Å². The molecule has 1 amide bonds.